The van der Waals surface area contributed by atoms with E-state index in [-0.39, 0.29) is 17.9 Å². The van der Waals surface area contributed by atoms with Crippen molar-refractivity contribution in [2.24, 2.45) is 0 Å². The van der Waals surface area contributed by atoms with Crippen molar-refractivity contribution in [2.75, 3.05) is 0 Å². The maximum absolute atomic E-state index is 12.5. The highest BCUT2D eigenvalue weighted by Crippen LogP contribution is 2.30. The number of fused-ring (bicyclic) bond motifs is 1. The molecule has 0 aromatic carbocycles. The van der Waals surface area contributed by atoms with Crippen LogP contribution in [-0.2, 0) is 12.8 Å². The quantitative estimate of drug-likeness (QED) is 0.934. The number of hydrogen-bond donors (Lipinski definition) is 1. The molecule has 1 aliphatic carbocycles. The zero-order chi connectivity index (χ0) is 15.7. The molecule has 3 rings (SSSR count). The van der Waals surface area contributed by atoms with Crippen molar-refractivity contribution in [2.45, 2.75) is 58.4 Å². The molecule has 0 radical (unpaired) electrons. The molecule has 6 heteroatoms. The molecule has 118 valence electrons. The molecule has 2 heterocycles. The normalized spacial score (nSPS) is 15.6. The molecular formula is C16H21N3O2S. The largest absolute Gasteiger partial charge is 0.423 e. The Balaban J connectivity index is 1.72. The summed E-state index contributed by atoms with van der Waals surface area (Å²) in [4.78, 5) is 13.3. The van der Waals surface area contributed by atoms with Crippen LogP contribution in [0.2, 0.25) is 0 Å². The third-order valence-electron chi connectivity index (χ3n) is 3.98. The highest BCUT2D eigenvalue weighted by atomic mass is 32.1. The van der Waals surface area contributed by atoms with Gasteiger partial charge < -0.3 is 9.73 Å². The molecule has 0 saturated heterocycles. The third kappa shape index (κ3) is 2.92. The fourth-order valence-corrected chi connectivity index (χ4v) is 3.75. The topological polar surface area (TPSA) is 68.0 Å². The second-order valence-corrected chi connectivity index (χ2v) is 6.98. The van der Waals surface area contributed by atoms with E-state index >= 15 is 0 Å². The Hall–Kier alpha value is -1.69. The van der Waals surface area contributed by atoms with Gasteiger partial charge in [-0.3, -0.25) is 4.79 Å². The molecule has 0 fully saturated rings. The van der Waals surface area contributed by atoms with Gasteiger partial charge in [0.1, 0.15) is 6.04 Å². The van der Waals surface area contributed by atoms with E-state index in [4.69, 9.17) is 4.42 Å². The van der Waals surface area contributed by atoms with E-state index in [2.05, 4.69) is 20.9 Å². The number of aromatic nitrogens is 2. The van der Waals surface area contributed by atoms with Gasteiger partial charge in [0.15, 0.2) is 0 Å². The number of rotatable bonds is 4. The lowest BCUT2D eigenvalue weighted by molar-refractivity contribution is 0.0937. The van der Waals surface area contributed by atoms with E-state index in [1.165, 1.54) is 24.0 Å². The summed E-state index contributed by atoms with van der Waals surface area (Å²) in [7, 11) is 0. The van der Waals surface area contributed by atoms with Crippen LogP contribution in [0, 0.1) is 0 Å². The third-order valence-corrected chi connectivity index (χ3v) is 5.05. The van der Waals surface area contributed by atoms with Gasteiger partial charge in [0.05, 0.1) is 4.88 Å². The second-order valence-electron chi connectivity index (χ2n) is 6.10. The summed E-state index contributed by atoms with van der Waals surface area (Å²) < 4.78 is 5.60. The summed E-state index contributed by atoms with van der Waals surface area (Å²) in [6.45, 7) is 5.87. The lowest BCUT2D eigenvalue weighted by Crippen LogP contribution is -2.27. The maximum Gasteiger partial charge on any atom is 0.262 e. The van der Waals surface area contributed by atoms with Gasteiger partial charge in [-0.05, 0) is 49.1 Å². The molecule has 2 aromatic rings. The van der Waals surface area contributed by atoms with Gasteiger partial charge in [-0.25, -0.2) is 0 Å². The van der Waals surface area contributed by atoms with E-state index in [1.54, 1.807) is 11.3 Å². The zero-order valence-corrected chi connectivity index (χ0v) is 14.0. The summed E-state index contributed by atoms with van der Waals surface area (Å²) >= 11 is 1.54. The highest BCUT2D eigenvalue weighted by molar-refractivity contribution is 7.12. The minimum Gasteiger partial charge on any atom is -0.423 e. The van der Waals surface area contributed by atoms with Crippen LogP contribution in [0.4, 0.5) is 0 Å². The van der Waals surface area contributed by atoms with Crippen molar-refractivity contribution in [1.29, 1.82) is 0 Å². The Bertz CT molecular complexity index is 675. The van der Waals surface area contributed by atoms with Crippen LogP contribution in [0.5, 0.6) is 0 Å². The van der Waals surface area contributed by atoms with Crippen molar-refractivity contribution < 1.29 is 9.21 Å². The Labute approximate surface area is 134 Å². The molecule has 1 aliphatic rings. The lowest BCUT2D eigenvalue weighted by Gasteiger charge is -2.14. The summed E-state index contributed by atoms with van der Waals surface area (Å²) in [5.74, 6) is 1.21. The van der Waals surface area contributed by atoms with Crippen LogP contribution in [-0.4, -0.2) is 16.1 Å². The van der Waals surface area contributed by atoms with Crippen LogP contribution < -0.4 is 5.32 Å². The zero-order valence-electron chi connectivity index (χ0n) is 13.2. The standard InChI is InChI=1S/C16H21N3O2S/c1-9(2)15-18-19-16(21-15)10(3)17-14(20)13-12-7-5-4-6-11(12)8-22-13/h8-10H,4-7H2,1-3H3,(H,17,20). The van der Waals surface area contributed by atoms with Gasteiger partial charge in [0.2, 0.25) is 11.8 Å². The summed E-state index contributed by atoms with van der Waals surface area (Å²) in [5.41, 5.74) is 2.57. The van der Waals surface area contributed by atoms with E-state index < -0.39 is 0 Å². The summed E-state index contributed by atoms with van der Waals surface area (Å²) in [6.07, 6.45) is 4.49. The summed E-state index contributed by atoms with van der Waals surface area (Å²) in [5, 5.41) is 13.1. The molecule has 1 unspecified atom stereocenters. The Morgan fingerprint density at radius 2 is 1.95 bits per heavy atom. The molecule has 0 spiro atoms. The van der Waals surface area contributed by atoms with Crippen molar-refractivity contribution in [1.82, 2.24) is 15.5 Å². The minimum atomic E-state index is -0.283. The average molecular weight is 319 g/mol. The van der Waals surface area contributed by atoms with E-state index in [0.29, 0.717) is 11.8 Å². The van der Waals surface area contributed by atoms with Gasteiger partial charge >= 0.3 is 0 Å². The first-order chi connectivity index (χ1) is 10.6. The second kappa shape index (κ2) is 6.20. The lowest BCUT2D eigenvalue weighted by atomic mass is 9.94. The molecule has 1 amide bonds. The first-order valence-electron chi connectivity index (χ1n) is 7.79. The number of carbonyl (C=O) groups excluding carboxylic acids is 1. The van der Waals surface area contributed by atoms with E-state index in [1.807, 2.05) is 20.8 Å². The first-order valence-corrected chi connectivity index (χ1v) is 8.67. The minimum absolute atomic E-state index is 0.0371. The molecule has 0 aliphatic heterocycles. The van der Waals surface area contributed by atoms with Crippen LogP contribution in [0.1, 0.15) is 78.2 Å². The monoisotopic (exact) mass is 319 g/mol. The van der Waals surface area contributed by atoms with Crippen molar-refractivity contribution in [3.63, 3.8) is 0 Å². The number of carbonyl (C=O) groups is 1. The van der Waals surface area contributed by atoms with E-state index in [0.717, 1.165) is 17.7 Å². The fourth-order valence-electron chi connectivity index (χ4n) is 2.69. The predicted octanol–water partition coefficient (Wildman–Crippen LogP) is 3.62. The van der Waals surface area contributed by atoms with Gasteiger partial charge in [-0.1, -0.05) is 13.8 Å². The Morgan fingerprint density at radius 1 is 1.23 bits per heavy atom. The Kier molecular flexibility index (Phi) is 4.29. The first kappa shape index (κ1) is 15.2. The fraction of sp³-hybridized carbons (Fsp3) is 0.562. The highest BCUT2D eigenvalue weighted by Gasteiger charge is 2.23. The number of hydrogen-bond acceptors (Lipinski definition) is 5. The molecule has 0 bridgehead atoms. The van der Waals surface area contributed by atoms with Crippen molar-refractivity contribution in [3.05, 3.63) is 33.2 Å². The van der Waals surface area contributed by atoms with Gasteiger partial charge in [0, 0.05) is 5.92 Å². The molecule has 1 N–H and O–H groups in total. The molecule has 5 nitrogen and oxygen atoms in total. The maximum atomic E-state index is 12.5. The summed E-state index contributed by atoms with van der Waals surface area (Å²) in [6, 6.07) is -0.283. The van der Waals surface area contributed by atoms with Crippen molar-refractivity contribution in [3.8, 4) is 0 Å². The molecule has 2 aromatic heterocycles. The van der Waals surface area contributed by atoms with Crippen LogP contribution in [0.15, 0.2) is 9.80 Å². The number of thiophene rings is 1. The van der Waals surface area contributed by atoms with Gasteiger partial charge in [-0.2, -0.15) is 0 Å². The van der Waals surface area contributed by atoms with Gasteiger partial charge in [0.25, 0.3) is 5.91 Å². The number of amides is 1. The van der Waals surface area contributed by atoms with Gasteiger partial charge in [-0.15, -0.1) is 21.5 Å². The Morgan fingerprint density at radius 3 is 2.68 bits per heavy atom. The van der Waals surface area contributed by atoms with E-state index in [9.17, 15) is 4.79 Å². The van der Waals surface area contributed by atoms with Crippen molar-refractivity contribution >= 4 is 17.2 Å². The predicted molar refractivity (Wildman–Crippen MR) is 85.2 cm³/mol. The molecule has 1 atom stereocenters. The molecule has 0 saturated carbocycles. The van der Waals surface area contributed by atoms with Crippen LogP contribution >= 0.6 is 11.3 Å². The average Bonchev–Trinajstić information content (AvgIpc) is 3.14. The van der Waals surface area contributed by atoms with Crippen LogP contribution in [0.25, 0.3) is 0 Å². The SMILES string of the molecule is CC(C)c1nnc(C(C)NC(=O)c2scc3c2CCCC3)o1. The number of nitrogens with zero attached hydrogens (tertiary/aromatic N) is 2. The smallest absolute Gasteiger partial charge is 0.262 e. The van der Waals surface area contributed by atoms with Crippen LogP contribution in [0.3, 0.4) is 0 Å². The molecule has 22 heavy (non-hydrogen) atoms. The molecular weight excluding hydrogens is 298 g/mol. The number of aryl methyl sites for hydroxylation is 1. The number of nitrogens with one attached hydrogen (secondary N) is 1.